The lowest BCUT2D eigenvalue weighted by Gasteiger charge is -2.36. The van der Waals surface area contributed by atoms with E-state index in [1.165, 1.54) is 6.92 Å². The van der Waals surface area contributed by atoms with E-state index in [0.29, 0.717) is 5.75 Å². The monoisotopic (exact) mass is 338 g/mol. The molecule has 0 aromatic heterocycles. The summed E-state index contributed by atoms with van der Waals surface area (Å²) in [6.45, 7) is 1.99. The molecule has 1 aliphatic heterocycles. The Morgan fingerprint density at radius 3 is 2.42 bits per heavy atom. The molecule has 8 nitrogen and oxygen atoms in total. The maximum atomic E-state index is 12.3. The van der Waals surface area contributed by atoms with Gasteiger partial charge in [0.15, 0.2) is 0 Å². The van der Waals surface area contributed by atoms with Crippen LogP contribution in [0.4, 0.5) is 0 Å². The Morgan fingerprint density at radius 2 is 1.83 bits per heavy atom. The number of carbonyl (C=O) groups excluding carboxylic acids is 3. The van der Waals surface area contributed by atoms with Gasteiger partial charge in [0.1, 0.15) is 24.6 Å². The van der Waals surface area contributed by atoms with Crippen LogP contribution in [0.25, 0.3) is 0 Å². The average molecular weight is 338 g/mol. The van der Waals surface area contributed by atoms with E-state index in [2.05, 4.69) is 0 Å². The summed E-state index contributed by atoms with van der Waals surface area (Å²) in [6.07, 6.45) is -5.43. The molecule has 0 amide bonds. The van der Waals surface area contributed by atoms with Crippen molar-refractivity contribution in [2.45, 2.75) is 38.4 Å². The summed E-state index contributed by atoms with van der Waals surface area (Å²) in [5.74, 6) is -1.70. The Hall–Kier alpha value is -2.45. The Morgan fingerprint density at radius 1 is 1.17 bits per heavy atom. The Bertz CT molecular complexity index is 599. The van der Waals surface area contributed by atoms with Crippen LogP contribution in [0.2, 0.25) is 0 Å². The van der Waals surface area contributed by atoms with Gasteiger partial charge in [0.2, 0.25) is 18.2 Å². The molecule has 1 fully saturated rings. The summed E-state index contributed by atoms with van der Waals surface area (Å²) >= 11 is 0. The fourth-order valence-electron chi connectivity index (χ4n) is 2.15. The largest absolute Gasteiger partial charge is 0.463 e. The van der Waals surface area contributed by atoms with Gasteiger partial charge in [-0.05, 0) is 12.1 Å². The smallest absolute Gasteiger partial charge is 0.303 e. The molecular formula is C16H18O8. The summed E-state index contributed by atoms with van der Waals surface area (Å²) in [5.41, 5.74) is 0. The van der Waals surface area contributed by atoms with Crippen molar-refractivity contribution in [3.05, 3.63) is 30.3 Å². The first-order valence-electron chi connectivity index (χ1n) is 7.28. The minimum atomic E-state index is -1.61. The highest BCUT2D eigenvalue weighted by molar-refractivity contribution is 5.90. The van der Waals surface area contributed by atoms with E-state index in [4.69, 9.17) is 18.9 Å². The molecule has 4 atom stereocenters. The number of hydrogen-bond donors (Lipinski definition) is 1. The van der Waals surface area contributed by atoms with E-state index in [1.54, 1.807) is 30.3 Å². The third kappa shape index (κ3) is 4.53. The van der Waals surface area contributed by atoms with Crippen molar-refractivity contribution in [3.8, 4) is 5.75 Å². The van der Waals surface area contributed by atoms with E-state index in [1.807, 2.05) is 0 Å². The summed E-state index contributed by atoms with van der Waals surface area (Å²) in [7, 11) is 0. The van der Waals surface area contributed by atoms with E-state index in [-0.39, 0.29) is 6.61 Å². The molecule has 24 heavy (non-hydrogen) atoms. The van der Waals surface area contributed by atoms with Gasteiger partial charge in [-0.3, -0.25) is 14.4 Å². The standard InChI is InChI=1S/C16H18O8/c1-9(17)21-8-12-13(19)14(20)15(22-10(2)18)16(24-12)23-11-6-4-3-5-7-11/h3-7,12-13,15-16,19H,8H2,1-2H3/t12-,13-,15-,16?/m1/s1. The van der Waals surface area contributed by atoms with Crippen LogP contribution in [0.15, 0.2) is 30.3 Å². The molecule has 1 heterocycles. The van der Waals surface area contributed by atoms with Crippen LogP contribution in [0, 0.1) is 0 Å². The zero-order valence-corrected chi connectivity index (χ0v) is 13.2. The number of para-hydroxylation sites is 1. The molecule has 1 N–H and O–H groups in total. The zero-order chi connectivity index (χ0) is 17.7. The number of carbonyl (C=O) groups is 3. The molecule has 0 aliphatic carbocycles. The molecule has 0 saturated carbocycles. The molecule has 1 saturated heterocycles. The van der Waals surface area contributed by atoms with Crippen molar-refractivity contribution in [1.29, 1.82) is 0 Å². The van der Waals surface area contributed by atoms with Crippen molar-refractivity contribution in [2.24, 2.45) is 0 Å². The van der Waals surface area contributed by atoms with E-state index in [0.717, 1.165) is 6.92 Å². The first-order chi connectivity index (χ1) is 11.4. The van der Waals surface area contributed by atoms with Crippen LogP contribution in [0.5, 0.6) is 5.75 Å². The van der Waals surface area contributed by atoms with E-state index < -0.39 is 42.3 Å². The molecule has 1 aromatic carbocycles. The lowest BCUT2D eigenvalue weighted by molar-refractivity contribution is -0.237. The van der Waals surface area contributed by atoms with Gasteiger partial charge in [-0.15, -0.1) is 0 Å². The third-order valence-electron chi connectivity index (χ3n) is 3.22. The zero-order valence-electron chi connectivity index (χ0n) is 13.2. The molecule has 1 unspecified atom stereocenters. The van der Waals surface area contributed by atoms with Gasteiger partial charge in [0, 0.05) is 13.8 Å². The van der Waals surface area contributed by atoms with Crippen LogP contribution in [0.3, 0.4) is 0 Å². The summed E-state index contributed by atoms with van der Waals surface area (Å²) in [4.78, 5) is 34.4. The van der Waals surface area contributed by atoms with Gasteiger partial charge in [-0.2, -0.15) is 0 Å². The first-order valence-corrected chi connectivity index (χ1v) is 7.28. The molecule has 8 heteroatoms. The number of rotatable bonds is 5. The van der Waals surface area contributed by atoms with E-state index >= 15 is 0 Å². The minimum absolute atomic E-state index is 0.330. The fourth-order valence-corrected chi connectivity index (χ4v) is 2.15. The fraction of sp³-hybridized carbons (Fsp3) is 0.438. The molecule has 130 valence electrons. The summed E-state index contributed by atoms with van der Waals surface area (Å²) < 4.78 is 20.7. The second-order valence-electron chi connectivity index (χ2n) is 5.15. The van der Waals surface area contributed by atoms with Crippen molar-refractivity contribution >= 4 is 17.7 Å². The highest BCUT2D eigenvalue weighted by atomic mass is 16.7. The summed E-state index contributed by atoms with van der Waals surface area (Å²) in [6, 6.07) is 8.46. The minimum Gasteiger partial charge on any atom is -0.463 e. The number of hydrogen-bond acceptors (Lipinski definition) is 8. The van der Waals surface area contributed by atoms with Gasteiger partial charge in [0.25, 0.3) is 0 Å². The Labute approximate surface area is 138 Å². The number of esters is 2. The average Bonchev–Trinajstić information content (AvgIpc) is 2.53. The lowest BCUT2D eigenvalue weighted by atomic mass is 10.0. The predicted octanol–water partition coefficient (Wildman–Crippen LogP) is 0.215. The number of benzene rings is 1. The van der Waals surface area contributed by atoms with Crippen LogP contribution in [-0.2, 0) is 28.6 Å². The van der Waals surface area contributed by atoms with Gasteiger partial charge < -0.3 is 24.1 Å². The topological polar surface area (TPSA) is 108 Å². The quantitative estimate of drug-likeness (QED) is 0.759. The lowest BCUT2D eigenvalue weighted by Crippen LogP contribution is -2.59. The molecule has 1 aliphatic rings. The predicted molar refractivity (Wildman–Crippen MR) is 78.9 cm³/mol. The molecule has 2 rings (SSSR count). The highest BCUT2D eigenvalue weighted by Gasteiger charge is 2.48. The molecule has 0 radical (unpaired) electrons. The van der Waals surface area contributed by atoms with Crippen LogP contribution < -0.4 is 4.74 Å². The van der Waals surface area contributed by atoms with Crippen molar-refractivity contribution < 1.29 is 38.4 Å². The second kappa shape index (κ2) is 7.89. The maximum absolute atomic E-state index is 12.3. The number of ether oxygens (including phenoxy) is 4. The van der Waals surface area contributed by atoms with Crippen molar-refractivity contribution in [1.82, 2.24) is 0 Å². The number of ketones is 1. The van der Waals surface area contributed by atoms with Gasteiger partial charge in [-0.25, -0.2) is 0 Å². The molecular weight excluding hydrogens is 320 g/mol. The summed E-state index contributed by atoms with van der Waals surface area (Å²) in [5, 5.41) is 10.0. The van der Waals surface area contributed by atoms with Crippen LogP contribution in [-0.4, -0.2) is 54.0 Å². The SMILES string of the molecule is CC(=O)OC[C@H]1OC(Oc2ccccc2)[C@H](OC(C)=O)C(=O)[C@@H]1O. The second-order valence-corrected chi connectivity index (χ2v) is 5.15. The normalized spacial score (nSPS) is 26.5. The number of aliphatic hydroxyl groups excluding tert-OH is 1. The Kier molecular flexibility index (Phi) is 5.88. The highest BCUT2D eigenvalue weighted by Crippen LogP contribution is 2.24. The van der Waals surface area contributed by atoms with E-state index in [9.17, 15) is 19.5 Å². The first kappa shape index (κ1) is 17.9. The van der Waals surface area contributed by atoms with Crippen LogP contribution >= 0.6 is 0 Å². The van der Waals surface area contributed by atoms with Gasteiger partial charge in [-0.1, -0.05) is 18.2 Å². The van der Waals surface area contributed by atoms with Gasteiger partial charge >= 0.3 is 11.9 Å². The molecule has 0 bridgehead atoms. The number of aliphatic hydroxyl groups is 1. The molecule has 0 spiro atoms. The molecule has 1 aromatic rings. The number of Topliss-reactive ketones (excluding diaryl/α,β-unsaturated/α-hetero) is 1. The Balaban J connectivity index is 2.18. The van der Waals surface area contributed by atoms with Crippen LogP contribution in [0.1, 0.15) is 13.8 Å². The van der Waals surface area contributed by atoms with Gasteiger partial charge in [0.05, 0.1) is 0 Å². The third-order valence-corrected chi connectivity index (χ3v) is 3.22. The van der Waals surface area contributed by atoms with Crippen molar-refractivity contribution in [2.75, 3.05) is 6.61 Å². The maximum Gasteiger partial charge on any atom is 0.303 e. The van der Waals surface area contributed by atoms with Crippen molar-refractivity contribution in [3.63, 3.8) is 0 Å².